The highest BCUT2D eigenvalue weighted by Gasteiger charge is 2.38. The molecule has 0 fully saturated rings. The number of nitrogens with one attached hydrogen (secondary N) is 1. The van der Waals surface area contributed by atoms with Crippen molar-refractivity contribution in [1.82, 2.24) is 0 Å². The minimum absolute atomic E-state index is 0.0727. The number of carbonyl (C=O) groups is 1. The highest BCUT2D eigenvalue weighted by atomic mass is 16.2. The molecule has 0 saturated carbocycles. The Morgan fingerprint density at radius 1 is 0.947 bits per heavy atom. The molecule has 2 nitrogen and oxygen atoms in total. The zero-order valence-electron chi connectivity index (χ0n) is 11.4. The summed E-state index contributed by atoms with van der Waals surface area (Å²) in [6.07, 6.45) is 0. The molecule has 2 heteroatoms. The summed E-state index contributed by atoms with van der Waals surface area (Å²) in [7, 11) is 0. The summed E-state index contributed by atoms with van der Waals surface area (Å²) in [5.41, 5.74) is 5.16. The maximum atomic E-state index is 11.9. The zero-order valence-corrected chi connectivity index (χ0v) is 11.4. The molecular formula is C17H17NO. The number of fused-ring (bicyclic) bond motifs is 1. The lowest BCUT2D eigenvalue weighted by molar-refractivity contribution is -0.119. The third-order valence-electron chi connectivity index (χ3n) is 3.89. The van der Waals surface area contributed by atoms with Crippen molar-refractivity contribution in [2.75, 3.05) is 5.32 Å². The Balaban J connectivity index is 2.10. The molecule has 1 aliphatic rings. The van der Waals surface area contributed by atoms with Crippen LogP contribution in [-0.4, -0.2) is 5.91 Å². The highest BCUT2D eigenvalue weighted by molar-refractivity contribution is 6.06. The second kappa shape index (κ2) is 3.95. The van der Waals surface area contributed by atoms with Crippen LogP contribution in [0, 0.1) is 6.92 Å². The van der Waals surface area contributed by atoms with Crippen LogP contribution in [0.3, 0.4) is 0 Å². The van der Waals surface area contributed by atoms with Crippen molar-refractivity contribution in [1.29, 1.82) is 0 Å². The van der Waals surface area contributed by atoms with E-state index in [0.717, 1.165) is 16.8 Å². The van der Waals surface area contributed by atoms with Gasteiger partial charge in [0.2, 0.25) is 5.91 Å². The van der Waals surface area contributed by atoms with Crippen LogP contribution in [0.25, 0.3) is 11.1 Å². The van der Waals surface area contributed by atoms with Crippen LogP contribution >= 0.6 is 0 Å². The molecule has 0 spiro atoms. The number of hydrogen-bond acceptors (Lipinski definition) is 1. The van der Waals surface area contributed by atoms with Crippen LogP contribution in [0.1, 0.15) is 25.0 Å². The van der Waals surface area contributed by atoms with Gasteiger partial charge in [-0.25, -0.2) is 0 Å². The predicted molar refractivity (Wildman–Crippen MR) is 78.3 cm³/mol. The maximum Gasteiger partial charge on any atom is 0.234 e. The third kappa shape index (κ3) is 1.84. The molecule has 0 unspecified atom stereocenters. The van der Waals surface area contributed by atoms with E-state index in [-0.39, 0.29) is 5.91 Å². The van der Waals surface area contributed by atoms with Crippen LogP contribution < -0.4 is 5.32 Å². The standard InChI is InChI=1S/C17H17NO/c1-11-4-6-12(7-5-11)13-8-9-15-14(10-13)17(2,3)16(19)18-15/h4-10H,1-3H3,(H,18,19). The van der Waals surface area contributed by atoms with Crippen molar-refractivity contribution in [2.24, 2.45) is 0 Å². The molecule has 0 bridgehead atoms. The molecule has 0 radical (unpaired) electrons. The topological polar surface area (TPSA) is 29.1 Å². The number of rotatable bonds is 1. The van der Waals surface area contributed by atoms with E-state index in [1.165, 1.54) is 11.1 Å². The van der Waals surface area contributed by atoms with E-state index in [0.29, 0.717) is 0 Å². The summed E-state index contributed by atoms with van der Waals surface area (Å²) in [6, 6.07) is 14.6. The van der Waals surface area contributed by atoms with E-state index in [2.05, 4.69) is 48.6 Å². The molecule has 19 heavy (non-hydrogen) atoms. The lowest BCUT2D eigenvalue weighted by atomic mass is 9.85. The van der Waals surface area contributed by atoms with Gasteiger partial charge in [0.05, 0.1) is 5.41 Å². The summed E-state index contributed by atoms with van der Waals surface area (Å²) in [5.74, 6) is 0.0727. The Labute approximate surface area is 113 Å². The van der Waals surface area contributed by atoms with Gasteiger partial charge >= 0.3 is 0 Å². The third-order valence-corrected chi connectivity index (χ3v) is 3.89. The van der Waals surface area contributed by atoms with Crippen molar-refractivity contribution in [3.8, 4) is 11.1 Å². The molecule has 1 aliphatic heterocycles. The lowest BCUT2D eigenvalue weighted by Crippen LogP contribution is -2.26. The minimum atomic E-state index is -0.448. The van der Waals surface area contributed by atoms with Gasteiger partial charge in [0.25, 0.3) is 0 Å². The maximum absolute atomic E-state index is 11.9. The van der Waals surface area contributed by atoms with Crippen LogP contribution in [-0.2, 0) is 10.2 Å². The van der Waals surface area contributed by atoms with Crippen molar-refractivity contribution in [2.45, 2.75) is 26.2 Å². The van der Waals surface area contributed by atoms with Gasteiger partial charge in [0.1, 0.15) is 0 Å². The predicted octanol–water partition coefficient (Wildman–Crippen LogP) is 3.89. The average Bonchev–Trinajstić information content (AvgIpc) is 2.61. The highest BCUT2D eigenvalue weighted by Crippen LogP contribution is 2.39. The fraction of sp³-hybridized carbons (Fsp3) is 0.235. The molecule has 2 aromatic carbocycles. The molecule has 0 aromatic heterocycles. The lowest BCUT2D eigenvalue weighted by Gasteiger charge is -2.16. The summed E-state index contributed by atoms with van der Waals surface area (Å²) < 4.78 is 0. The van der Waals surface area contributed by atoms with E-state index in [9.17, 15) is 4.79 Å². The van der Waals surface area contributed by atoms with Crippen LogP contribution in [0.4, 0.5) is 5.69 Å². The van der Waals surface area contributed by atoms with Gasteiger partial charge in [0.15, 0.2) is 0 Å². The van der Waals surface area contributed by atoms with Crippen LogP contribution in [0.2, 0.25) is 0 Å². The number of anilines is 1. The smallest absolute Gasteiger partial charge is 0.234 e. The van der Waals surface area contributed by atoms with Gasteiger partial charge in [-0.3, -0.25) is 4.79 Å². The molecule has 1 amide bonds. The fourth-order valence-electron chi connectivity index (χ4n) is 2.50. The number of amides is 1. The number of benzene rings is 2. The quantitative estimate of drug-likeness (QED) is 0.818. The zero-order chi connectivity index (χ0) is 13.6. The van der Waals surface area contributed by atoms with Crippen molar-refractivity contribution in [3.63, 3.8) is 0 Å². The summed E-state index contributed by atoms with van der Waals surface area (Å²) >= 11 is 0. The largest absolute Gasteiger partial charge is 0.325 e. The first-order valence-electron chi connectivity index (χ1n) is 6.51. The molecule has 1 heterocycles. The van der Waals surface area contributed by atoms with Crippen LogP contribution in [0.5, 0.6) is 0 Å². The second-order valence-electron chi connectivity index (χ2n) is 5.71. The average molecular weight is 251 g/mol. The molecule has 0 saturated heterocycles. The Morgan fingerprint density at radius 3 is 2.26 bits per heavy atom. The molecule has 0 atom stereocenters. The first-order chi connectivity index (χ1) is 8.98. The van der Waals surface area contributed by atoms with Gasteiger partial charge in [-0.1, -0.05) is 35.9 Å². The van der Waals surface area contributed by atoms with Gasteiger partial charge in [0, 0.05) is 5.69 Å². The summed E-state index contributed by atoms with van der Waals surface area (Å²) in [6.45, 7) is 6.01. The number of aryl methyl sites for hydroxylation is 1. The first kappa shape index (κ1) is 12.0. The van der Waals surface area contributed by atoms with Gasteiger partial charge in [-0.2, -0.15) is 0 Å². The Bertz CT molecular complexity index is 653. The molecule has 0 aliphatic carbocycles. The first-order valence-corrected chi connectivity index (χ1v) is 6.51. The second-order valence-corrected chi connectivity index (χ2v) is 5.71. The molecule has 96 valence electrons. The molecule has 3 rings (SSSR count). The summed E-state index contributed by atoms with van der Waals surface area (Å²) in [5, 5.41) is 2.94. The van der Waals surface area contributed by atoms with E-state index in [4.69, 9.17) is 0 Å². The minimum Gasteiger partial charge on any atom is -0.325 e. The SMILES string of the molecule is Cc1ccc(-c2ccc3c(c2)C(C)(C)C(=O)N3)cc1. The van der Waals surface area contributed by atoms with Gasteiger partial charge in [-0.15, -0.1) is 0 Å². The van der Waals surface area contributed by atoms with E-state index in [1.54, 1.807) is 0 Å². The Morgan fingerprint density at radius 2 is 1.58 bits per heavy atom. The van der Waals surface area contributed by atoms with E-state index < -0.39 is 5.41 Å². The molecule has 1 N–H and O–H groups in total. The van der Waals surface area contributed by atoms with Crippen LogP contribution in [0.15, 0.2) is 42.5 Å². The Hall–Kier alpha value is -2.09. The molecule has 2 aromatic rings. The van der Waals surface area contributed by atoms with E-state index in [1.807, 2.05) is 19.9 Å². The van der Waals surface area contributed by atoms with Crippen molar-refractivity contribution >= 4 is 11.6 Å². The Kier molecular flexibility index (Phi) is 2.49. The van der Waals surface area contributed by atoms with Crippen molar-refractivity contribution < 1.29 is 4.79 Å². The summed E-state index contributed by atoms with van der Waals surface area (Å²) in [4.78, 5) is 11.9. The number of carbonyl (C=O) groups excluding carboxylic acids is 1. The molecular weight excluding hydrogens is 234 g/mol. The van der Waals surface area contributed by atoms with Gasteiger partial charge in [-0.05, 0) is 49.6 Å². The normalized spacial score (nSPS) is 16.1. The van der Waals surface area contributed by atoms with Crippen molar-refractivity contribution in [3.05, 3.63) is 53.6 Å². The fourth-order valence-corrected chi connectivity index (χ4v) is 2.50. The monoisotopic (exact) mass is 251 g/mol. The van der Waals surface area contributed by atoms with E-state index >= 15 is 0 Å². The number of hydrogen-bond donors (Lipinski definition) is 1. The van der Waals surface area contributed by atoms with Gasteiger partial charge < -0.3 is 5.32 Å².